The largest absolute Gasteiger partial charge is 0.462 e. The SMILES string of the molecule is CCCCCCCCCCCC(=O)OC[C@H](CSC[C@H](N)C(=O)NCCCCCCO)OC(=O)CCCCCCCCCCC. The van der Waals surface area contributed by atoms with Crippen LogP contribution >= 0.6 is 11.8 Å². The lowest BCUT2D eigenvalue weighted by atomic mass is 10.1. The predicted molar refractivity (Wildman–Crippen MR) is 188 cm³/mol. The van der Waals surface area contributed by atoms with Crippen LogP contribution in [-0.2, 0) is 23.9 Å². The van der Waals surface area contributed by atoms with Crippen molar-refractivity contribution in [3.63, 3.8) is 0 Å². The summed E-state index contributed by atoms with van der Waals surface area (Å²) in [5.41, 5.74) is 6.09. The third-order valence-electron chi connectivity index (χ3n) is 8.02. The van der Waals surface area contributed by atoms with Gasteiger partial charge in [-0.3, -0.25) is 14.4 Å². The van der Waals surface area contributed by atoms with Gasteiger partial charge in [0, 0.05) is 37.5 Å². The molecule has 4 N–H and O–H groups in total. The van der Waals surface area contributed by atoms with Gasteiger partial charge in [0.15, 0.2) is 0 Å². The summed E-state index contributed by atoms with van der Waals surface area (Å²) in [4.78, 5) is 37.3. The minimum absolute atomic E-state index is 0.0298. The Morgan fingerprint density at radius 2 is 1.11 bits per heavy atom. The zero-order valence-corrected chi connectivity index (χ0v) is 30.0. The van der Waals surface area contributed by atoms with E-state index in [1.54, 1.807) is 0 Å². The van der Waals surface area contributed by atoms with Crippen molar-refractivity contribution in [3.05, 3.63) is 0 Å². The minimum Gasteiger partial charge on any atom is -0.462 e. The number of ether oxygens (including phenoxy) is 2. The van der Waals surface area contributed by atoms with Crippen LogP contribution in [0.15, 0.2) is 0 Å². The van der Waals surface area contributed by atoms with Gasteiger partial charge in [0.25, 0.3) is 0 Å². The molecule has 0 fully saturated rings. The Kier molecular flexibility index (Phi) is 33.0. The summed E-state index contributed by atoms with van der Waals surface area (Å²) in [5, 5.41) is 11.7. The number of aliphatic hydroxyl groups excluding tert-OH is 1. The molecule has 0 aliphatic heterocycles. The van der Waals surface area contributed by atoms with E-state index in [0.29, 0.717) is 30.9 Å². The lowest BCUT2D eigenvalue weighted by Gasteiger charge is -2.19. The second kappa shape index (κ2) is 34.0. The Balaban J connectivity index is 4.44. The average Bonchev–Trinajstić information content (AvgIpc) is 3.03. The summed E-state index contributed by atoms with van der Waals surface area (Å²) >= 11 is 1.44. The molecule has 0 saturated heterocycles. The smallest absolute Gasteiger partial charge is 0.306 e. The first-order valence-electron chi connectivity index (χ1n) is 18.5. The van der Waals surface area contributed by atoms with E-state index in [0.717, 1.165) is 64.2 Å². The fourth-order valence-electron chi connectivity index (χ4n) is 5.11. The molecule has 0 aromatic rings. The van der Waals surface area contributed by atoms with E-state index in [4.69, 9.17) is 20.3 Å². The summed E-state index contributed by atoms with van der Waals surface area (Å²) < 4.78 is 11.2. The number of carbonyl (C=O) groups excluding carboxylic acids is 3. The number of nitrogens with one attached hydrogen (secondary N) is 1. The Bertz CT molecular complexity index is 696. The van der Waals surface area contributed by atoms with Crippen LogP contribution < -0.4 is 11.1 Å². The fraction of sp³-hybridized carbons (Fsp3) is 0.917. The van der Waals surface area contributed by atoms with Crippen LogP contribution in [-0.4, -0.2) is 66.4 Å². The van der Waals surface area contributed by atoms with E-state index < -0.39 is 12.1 Å². The van der Waals surface area contributed by atoms with Crippen LogP contribution in [0.25, 0.3) is 0 Å². The number of carbonyl (C=O) groups is 3. The van der Waals surface area contributed by atoms with Crippen LogP contribution in [0.4, 0.5) is 0 Å². The van der Waals surface area contributed by atoms with Gasteiger partial charge in [-0.2, -0.15) is 11.8 Å². The molecule has 0 unspecified atom stereocenters. The molecule has 0 radical (unpaired) electrons. The van der Waals surface area contributed by atoms with Gasteiger partial charge >= 0.3 is 11.9 Å². The van der Waals surface area contributed by atoms with Crippen LogP contribution in [0.2, 0.25) is 0 Å². The average molecular weight is 659 g/mol. The highest BCUT2D eigenvalue weighted by Gasteiger charge is 2.19. The topological polar surface area (TPSA) is 128 Å². The molecule has 0 rings (SSSR count). The molecule has 0 heterocycles. The van der Waals surface area contributed by atoms with E-state index in [2.05, 4.69) is 19.2 Å². The standard InChI is InChI=1S/C36H70N2O6S/c1-3-5-7-9-11-13-15-17-21-25-34(40)43-29-32(44-35(41)26-22-18-16-14-12-10-8-6-4-2)30-45-31-33(37)36(42)38-27-23-19-20-24-28-39/h32-33,39H,3-31,37H2,1-2H3,(H,38,42)/t32-,33+/m1/s1. The van der Waals surface area contributed by atoms with E-state index in [-0.39, 0.29) is 31.1 Å². The quantitative estimate of drug-likeness (QED) is 0.0469. The molecular weight excluding hydrogens is 588 g/mol. The van der Waals surface area contributed by atoms with Gasteiger partial charge < -0.3 is 25.6 Å². The number of esters is 2. The molecule has 45 heavy (non-hydrogen) atoms. The van der Waals surface area contributed by atoms with Crippen molar-refractivity contribution >= 4 is 29.6 Å². The molecule has 2 atom stereocenters. The van der Waals surface area contributed by atoms with Crippen molar-refractivity contribution in [1.29, 1.82) is 0 Å². The monoisotopic (exact) mass is 658 g/mol. The third kappa shape index (κ3) is 31.1. The van der Waals surface area contributed by atoms with Crippen molar-refractivity contribution in [2.24, 2.45) is 5.73 Å². The zero-order valence-electron chi connectivity index (χ0n) is 29.1. The first-order chi connectivity index (χ1) is 21.9. The minimum atomic E-state index is -0.667. The van der Waals surface area contributed by atoms with Gasteiger partial charge in [0.05, 0.1) is 6.04 Å². The number of rotatable bonds is 34. The van der Waals surface area contributed by atoms with E-state index in [1.165, 1.54) is 88.8 Å². The Morgan fingerprint density at radius 3 is 1.64 bits per heavy atom. The van der Waals surface area contributed by atoms with Gasteiger partial charge in [-0.05, 0) is 25.7 Å². The van der Waals surface area contributed by atoms with Crippen molar-refractivity contribution in [2.75, 3.05) is 31.3 Å². The first kappa shape index (κ1) is 43.7. The number of amides is 1. The van der Waals surface area contributed by atoms with Crippen molar-refractivity contribution in [3.8, 4) is 0 Å². The molecule has 0 bridgehead atoms. The van der Waals surface area contributed by atoms with Gasteiger partial charge in [0.1, 0.15) is 12.7 Å². The molecule has 9 heteroatoms. The molecule has 0 aromatic carbocycles. The van der Waals surface area contributed by atoms with E-state index >= 15 is 0 Å². The maximum absolute atomic E-state index is 12.6. The number of hydrogen-bond donors (Lipinski definition) is 3. The molecule has 0 aliphatic carbocycles. The Morgan fingerprint density at radius 1 is 0.644 bits per heavy atom. The highest BCUT2D eigenvalue weighted by molar-refractivity contribution is 7.99. The first-order valence-corrected chi connectivity index (χ1v) is 19.7. The van der Waals surface area contributed by atoms with Crippen LogP contribution in [0.1, 0.15) is 168 Å². The Labute approximate surface area is 280 Å². The maximum atomic E-state index is 12.6. The molecule has 266 valence electrons. The Hall–Kier alpha value is -1.32. The van der Waals surface area contributed by atoms with Crippen molar-refractivity contribution < 1.29 is 29.0 Å². The predicted octanol–water partition coefficient (Wildman–Crippen LogP) is 8.01. The van der Waals surface area contributed by atoms with Gasteiger partial charge in [-0.25, -0.2) is 0 Å². The number of thioether (sulfide) groups is 1. The summed E-state index contributed by atoms with van der Waals surface area (Å²) in [7, 11) is 0. The van der Waals surface area contributed by atoms with Gasteiger partial charge in [-0.1, -0.05) is 129 Å². The maximum Gasteiger partial charge on any atom is 0.306 e. The third-order valence-corrected chi connectivity index (χ3v) is 9.22. The number of aliphatic hydroxyl groups is 1. The van der Waals surface area contributed by atoms with Crippen LogP contribution in [0, 0.1) is 0 Å². The lowest BCUT2D eigenvalue weighted by Crippen LogP contribution is -2.43. The molecular formula is C36H70N2O6S. The molecule has 0 aliphatic rings. The second-order valence-corrected chi connectivity index (χ2v) is 13.6. The van der Waals surface area contributed by atoms with Crippen LogP contribution in [0.5, 0.6) is 0 Å². The number of unbranched alkanes of at least 4 members (excludes halogenated alkanes) is 19. The van der Waals surface area contributed by atoms with Gasteiger partial charge in [0.2, 0.25) is 5.91 Å². The molecule has 1 amide bonds. The fourth-order valence-corrected chi connectivity index (χ4v) is 6.08. The van der Waals surface area contributed by atoms with E-state index in [9.17, 15) is 14.4 Å². The summed E-state index contributed by atoms with van der Waals surface area (Å²) in [6, 6.07) is -0.667. The molecule has 0 aromatic heterocycles. The molecule has 8 nitrogen and oxygen atoms in total. The van der Waals surface area contributed by atoms with Crippen molar-refractivity contribution in [2.45, 2.75) is 180 Å². The number of hydrogen-bond acceptors (Lipinski definition) is 8. The summed E-state index contributed by atoms with van der Waals surface area (Å²) in [5.74, 6) is 0.0853. The second-order valence-electron chi connectivity index (χ2n) is 12.5. The van der Waals surface area contributed by atoms with Crippen molar-refractivity contribution in [1.82, 2.24) is 5.32 Å². The lowest BCUT2D eigenvalue weighted by molar-refractivity contribution is -0.157. The summed E-state index contributed by atoms with van der Waals surface area (Å²) in [6.45, 7) is 5.25. The normalized spacial score (nSPS) is 12.5. The highest BCUT2D eigenvalue weighted by Crippen LogP contribution is 2.14. The molecule has 0 spiro atoms. The van der Waals surface area contributed by atoms with E-state index in [1.807, 2.05) is 0 Å². The summed E-state index contributed by atoms with van der Waals surface area (Å²) in [6.07, 6.45) is 25.0. The van der Waals surface area contributed by atoms with Crippen LogP contribution in [0.3, 0.4) is 0 Å². The van der Waals surface area contributed by atoms with Gasteiger partial charge in [-0.15, -0.1) is 0 Å². The highest BCUT2D eigenvalue weighted by atomic mass is 32.2. The zero-order chi connectivity index (χ0) is 33.2. The number of nitrogens with two attached hydrogens (primary N) is 1. The molecule has 0 saturated carbocycles.